The van der Waals surface area contributed by atoms with Gasteiger partial charge >= 0.3 is 0 Å². The van der Waals surface area contributed by atoms with Crippen LogP contribution in [0.15, 0.2) is 60.7 Å². The maximum atomic E-state index is 12.7. The first kappa shape index (κ1) is 21.1. The van der Waals surface area contributed by atoms with Gasteiger partial charge in [-0.15, -0.1) is 0 Å². The van der Waals surface area contributed by atoms with Crippen LogP contribution in [0.2, 0.25) is 0 Å². The fourth-order valence-corrected chi connectivity index (χ4v) is 5.09. The molecule has 2 saturated heterocycles. The molecule has 0 aromatic heterocycles. The number of hydrogen-bond donors (Lipinski definition) is 0. The number of carbonyl (C=O) groups is 1. The summed E-state index contributed by atoms with van der Waals surface area (Å²) >= 11 is 0. The van der Waals surface area contributed by atoms with Crippen LogP contribution in [-0.2, 0) is 17.8 Å². The monoisotopic (exact) mass is 404 g/mol. The number of carbonyl (C=O) groups excluding carboxylic acids is 1. The Morgan fingerprint density at radius 3 is 1.93 bits per heavy atom. The topological polar surface area (TPSA) is 23.6 Å². The molecule has 0 aliphatic carbocycles. The van der Waals surface area contributed by atoms with Gasteiger partial charge in [-0.05, 0) is 74.6 Å². The molecule has 2 fully saturated rings. The summed E-state index contributed by atoms with van der Waals surface area (Å²) in [6, 6.07) is 21.5. The smallest absolute Gasteiger partial charge is 0.222 e. The van der Waals surface area contributed by atoms with Crippen LogP contribution in [0, 0.1) is 11.8 Å². The molecule has 0 radical (unpaired) electrons. The molecule has 0 unspecified atom stereocenters. The van der Waals surface area contributed by atoms with Crippen molar-refractivity contribution in [2.24, 2.45) is 11.8 Å². The van der Waals surface area contributed by atoms with E-state index in [4.69, 9.17) is 0 Å². The Labute approximate surface area is 182 Å². The number of likely N-dealkylation sites (tertiary alicyclic amines) is 2. The number of nitrogens with zero attached hydrogens (tertiary/aromatic N) is 2. The molecule has 0 spiro atoms. The first-order chi connectivity index (χ1) is 14.8. The van der Waals surface area contributed by atoms with Crippen LogP contribution in [0.1, 0.15) is 49.7 Å². The van der Waals surface area contributed by atoms with Gasteiger partial charge in [0.25, 0.3) is 0 Å². The molecule has 4 rings (SSSR count). The molecule has 2 heterocycles. The number of piperidine rings is 2. The van der Waals surface area contributed by atoms with Crippen molar-refractivity contribution in [3.63, 3.8) is 0 Å². The highest BCUT2D eigenvalue weighted by atomic mass is 16.2. The van der Waals surface area contributed by atoms with Gasteiger partial charge in [0.1, 0.15) is 0 Å². The molecule has 2 aromatic rings. The summed E-state index contributed by atoms with van der Waals surface area (Å²) in [5.74, 6) is 1.84. The van der Waals surface area contributed by atoms with Crippen molar-refractivity contribution in [1.29, 1.82) is 0 Å². The molecule has 160 valence electrons. The van der Waals surface area contributed by atoms with Gasteiger partial charge in [0.2, 0.25) is 5.91 Å². The Hall–Kier alpha value is -2.13. The lowest BCUT2D eigenvalue weighted by Gasteiger charge is -2.34. The van der Waals surface area contributed by atoms with Crippen molar-refractivity contribution in [1.82, 2.24) is 9.80 Å². The highest BCUT2D eigenvalue weighted by molar-refractivity contribution is 5.76. The molecule has 0 saturated carbocycles. The molecule has 2 aliphatic rings. The lowest BCUT2D eigenvalue weighted by molar-refractivity contribution is -0.133. The molecule has 3 heteroatoms. The number of benzene rings is 2. The minimum atomic E-state index is 0.389. The fourth-order valence-electron chi connectivity index (χ4n) is 5.09. The zero-order chi connectivity index (χ0) is 20.6. The SMILES string of the molecule is O=C(CCC1CCN(Cc2ccccc2)CC1)N1CCC(Cc2ccccc2)CC1. The van der Waals surface area contributed by atoms with Crippen LogP contribution in [-0.4, -0.2) is 41.9 Å². The summed E-state index contributed by atoms with van der Waals surface area (Å²) in [4.78, 5) is 17.4. The lowest BCUT2D eigenvalue weighted by Crippen LogP contribution is -2.39. The van der Waals surface area contributed by atoms with E-state index >= 15 is 0 Å². The predicted octanol–water partition coefficient (Wildman–Crippen LogP) is 5.16. The van der Waals surface area contributed by atoms with Gasteiger partial charge in [0.15, 0.2) is 0 Å². The van der Waals surface area contributed by atoms with Gasteiger partial charge in [0.05, 0.1) is 0 Å². The second-order valence-corrected chi connectivity index (χ2v) is 9.26. The maximum Gasteiger partial charge on any atom is 0.222 e. The Kier molecular flexibility index (Phi) is 7.58. The van der Waals surface area contributed by atoms with Crippen LogP contribution in [0.25, 0.3) is 0 Å². The maximum absolute atomic E-state index is 12.7. The normalized spacial score (nSPS) is 19.1. The Bertz CT molecular complexity index is 760. The van der Waals surface area contributed by atoms with Gasteiger partial charge < -0.3 is 4.90 Å². The molecule has 1 amide bonds. The molecule has 0 atom stereocenters. The molecule has 30 heavy (non-hydrogen) atoms. The van der Waals surface area contributed by atoms with Crippen molar-refractivity contribution in [3.05, 3.63) is 71.8 Å². The Morgan fingerprint density at radius 1 is 0.733 bits per heavy atom. The van der Waals surface area contributed by atoms with E-state index in [-0.39, 0.29) is 0 Å². The molecular weight excluding hydrogens is 368 g/mol. The number of hydrogen-bond acceptors (Lipinski definition) is 2. The van der Waals surface area contributed by atoms with Crippen molar-refractivity contribution in [2.45, 2.75) is 51.5 Å². The van der Waals surface area contributed by atoms with Crippen molar-refractivity contribution >= 4 is 5.91 Å². The van der Waals surface area contributed by atoms with E-state index in [2.05, 4.69) is 70.5 Å². The van der Waals surface area contributed by atoms with Crippen LogP contribution in [0.3, 0.4) is 0 Å². The van der Waals surface area contributed by atoms with E-state index in [9.17, 15) is 4.79 Å². The van der Waals surface area contributed by atoms with Gasteiger partial charge in [0, 0.05) is 26.1 Å². The van der Waals surface area contributed by atoms with Crippen molar-refractivity contribution < 1.29 is 4.79 Å². The highest BCUT2D eigenvalue weighted by Gasteiger charge is 2.25. The molecule has 3 nitrogen and oxygen atoms in total. The molecule has 0 N–H and O–H groups in total. The average Bonchev–Trinajstić information content (AvgIpc) is 2.80. The molecule has 2 aromatic carbocycles. The lowest BCUT2D eigenvalue weighted by atomic mass is 9.89. The summed E-state index contributed by atoms with van der Waals surface area (Å²) in [5, 5.41) is 0. The Morgan fingerprint density at radius 2 is 1.30 bits per heavy atom. The van der Waals surface area contributed by atoms with Gasteiger partial charge in [-0.25, -0.2) is 0 Å². The highest BCUT2D eigenvalue weighted by Crippen LogP contribution is 2.25. The first-order valence-electron chi connectivity index (χ1n) is 11.8. The summed E-state index contributed by atoms with van der Waals surface area (Å²) in [7, 11) is 0. The summed E-state index contributed by atoms with van der Waals surface area (Å²) in [5.41, 5.74) is 2.84. The van der Waals surface area contributed by atoms with Gasteiger partial charge in [-0.1, -0.05) is 60.7 Å². The minimum absolute atomic E-state index is 0.389. The van der Waals surface area contributed by atoms with Gasteiger partial charge in [-0.2, -0.15) is 0 Å². The Balaban J connectivity index is 1.12. The molecular formula is C27H36N2O. The van der Waals surface area contributed by atoms with Crippen LogP contribution >= 0.6 is 0 Å². The zero-order valence-electron chi connectivity index (χ0n) is 18.2. The number of amides is 1. The van der Waals surface area contributed by atoms with Gasteiger partial charge in [-0.3, -0.25) is 9.69 Å². The summed E-state index contributed by atoms with van der Waals surface area (Å²) in [6.45, 7) is 5.29. The van der Waals surface area contributed by atoms with E-state index in [0.717, 1.165) is 63.6 Å². The van der Waals surface area contributed by atoms with Crippen LogP contribution in [0.5, 0.6) is 0 Å². The minimum Gasteiger partial charge on any atom is -0.343 e. The predicted molar refractivity (Wildman–Crippen MR) is 123 cm³/mol. The van der Waals surface area contributed by atoms with E-state index in [0.29, 0.717) is 5.91 Å². The third-order valence-corrected chi connectivity index (χ3v) is 7.06. The van der Waals surface area contributed by atoms with E-state index < -0.39 is 0 Å². The third kappa shape index (κ3) is 6.18. The van der Waals surface area contributed by atoms with Crippen LogP contribution in [0.4, 0.5) is 0 Å². The number of rotatable bonds is 7. The molecule has 0 bridgehead atoms. The van der Waals surface area contributed by atoms with Crippen molar-refractivity contribution in [3.8, 4) is 0 Å². The zero-order valence-corrected chi connectivity index (χ0v) is 18.2. The summed E-state index contributed by atoms with van der Waals surface area (Å²) < 4.78 is 0. The second kappa shape index (κ2) is 10.8. The quantitative estimate of drug-likeness (QED) is 0.636. The fraction of sp³-hybridized carbons (Fsp3) is 0.519. The second-order valence-electron chi connectivity index (χ2n) is 9.26. The van der Waals surface area contributed by atoms with E-state index in [1.807, 2.05) is 0 Å². The van der Waals surface area contributed by atoms with Crippen molar-refractivity contribution in [2.75, 3.05) is 26.2 Å². The van der Waals surface area contributed by atoms with E-state index in [1.165, 1.54) is 37.1 Å². The van der Waals surface area contributed by atoms with E-state index in [1.54, 1.807) is 0 Å². The first-order valence-corrected chi connectivity index (χ1v) is 11.8. The van der Waals surface area contributed by atoms with Crippen LogP contribution < -0.4 is 0 Å². The standard InChI is InChI=1S/C27H36N2O/c30-27(29-19-15-25(16-20-29)21-24-7-3-1-4-8-24)12-11-23-13-17-28(18-14-23)22-26-9-5-2-6-10-26/h1-10,23,25H,11-22H2. The average molecular weight is 405 g/mol. The molecule has 2 aliphatic heterocycles. The summed E-state index contributed by atoms with van der Waals surface area (Å²) in [6.07, 6.45) is 7.74. The largest absolute Gasteiger partial charge is 0.343 e. The third-order valence-electron chi connectivity index (χ3n) is 7.06.